The van der Waals surface area contributed by atoms with Crippen molar-refractivity contribution in [1.29, 1.82) is 0 Å². The number of benzene rings is 4. The number of ketones is 1. The molecule has 256 valence electrons. The van der Waals surface area contributed by atoms with Gasteiger partial charge in [0.15, 0.2) is 5.78 Å². The first kappa shape index (κ1) is 29.5. The first-order valence-electron chi connectivity index (χ1n) is 18.2. The van der Waals surface area contributed by atoms with Gasteiger partial charge in [-0.05, 0) is 59.7 Å². The lowest BCUT2D eigenvalue weighted by Gasteiger charge is -2.30. The third-order valence-electron chi connectivity index (χ3n) is 8.45. The fourth-order valence-electron chi connectivity index (χ4n) is 5.97. The van der Waals surface area contributed by atoms with E-state index in [4.69, 9.17) is 11.6 Å². The van der Waals surface area contributed by atoms with Gasteiger partial charge < -0.3 is 15.2 Å². The Morgan fingerprint density at radius 2 is 1.63 bits per heavy atom. The molecule has 1 aromatic heterocycles. The maximum Gasteiger partial charge on any atom is 0.407 e. The number of nitrogens with one attached hydrogen (secondary N) is 1. The number of amides is 1. The van der Waals surface area contributed by atoms with Crippen LogP contribution in [0.4, 0.5) is 4.79 Å². The molecule has 0 radical (unpaired) electrons. The molecule has 0 saturated carbocycles. The standard InChI is InChI=1S/C38H41N3O6S2/c1-3-22-41(49(45,46)32-20-21-33-35(24-32)48-26-39-33)31(25-42)19-18-27-12-10-11-17-30(27)23-34(43)37(40-38(44)47-2)36(28-13-6-4-7-14-28)29-15-8-5-9-16-29/h4-17,20-21,24,26,31,36-37,42H,3,18-19,22-23,25H2,1-2H3,(H,40,44)/t31-,37+/m0/s1/i1D3,3D2. The molecule has 0 saturated heterocycles. The fraction of sp³-hybridized carbons (Fsp3) is 0.289. The van der Waals surface area contributed by atoms with Gasteiger partial charge in [0.05, 0.1) is 34.3 Å². The summed E-state index contributed by atoms with van der Waals surface area (Å²) in [6.07, 6.45) is -3.76. The number of thiazole rings is 1. The third kappa shape index (κ3) is 8.60. The molecule has 1 heterocycles. The van der Waals surface area contributed by atoms with E-state index in [2.05, 4.69) is 10.3 Å². The van der Waals surface area contributed by atoms with E-state index in [-0.39, 0.29) is 29.9 Å². The number of aliphatic hydroxyl groups excluding tert-OH is 1. The van der Waals surface area contributed by atoms with Crippen molar-refractivity contribution in [3.05, 3.63) is 131 Å². The van der Waals surface area contributed by atoms with Gasteiger partial charge in [-0.3, -0.25) is 4.79 Å². The van der Waals surface area contributed by atoms with E-state index >= 15 is 0 Å². The van der Waals surface area contributed by atoms with Crippen LogP contribution < -0.4 is 5.32 Å². The Bertz CT molecular complexity index is 2110. The lowest BCUT2D eigenvalue weighted by Crippen LogP contribution is -2.46. The Hall–Kier alpha value is -4.42. The zero-order valence-corrected chi connectivity index (χ0v) is 28.5. The summed E-state index contributed by atoms with van der Waals surface area (Å²) >= 11 is 1.21. The molecule has 0 aliphatic heterocycles. The zero-order chi connectivity index (χ0) is 39.1. The van der Waals surface area contributed by atoms with E-state index in [0.717, 1.165) is 15.4 Å². The van der Waals surface area contributed by atoms with Crippen molar-refractivity contribution in [3.63, 3.8) is 0 Å². The summed E-state index contributed by atoms with van der Waals surface area (Å²) < 4.78 is 74.6. The predicted octanol–water partition coefficient (Wildman–Crippen LogP) is 6.36. The van der Waals surface area contributed by atoms with E-state index in [9.17, 15) is 23.1 Å². The van der Waals surface area contributed by atoms with Gasteiger partial charge in [-0.1, -0.05) is 91.8 Å². The van der Waals surface area contributed by atoms with Crippen LogP contribution in [0.3, 0.4) is 0 Å². The van der Waals surface area contributed by atoms with Crippen LogP contribution in [-0.4, -0.2) is 67.0 Å². The average molecular weight is 705 g/mol. The Morgan fingerprint density at radius 3 is 2.27 bits per heavy atom. The van der Waals surface area contributed by atoms with E-state index < -0.39 is 60.5 Å². The smallest absolute Gasteiger partial charge is 0.407 e. The molecule has 5 aromatic rings. The third-order valence-corrected chi connectivity index (χ3v) is 11.1. The van der Waals surface area contributed by atoms with Gasteiger partial charge in [0, 0.05) is 31.8 Å². The maximum absolute atomic E-state index is 14.3. The quantitative estimate of drug-likeness (QED) is 0.123. The van der Waals surface area contributed by atoms with Crippen molar-refractivity contribution < 1.29 is 34.7 Å². The largest absolute Gasteiger partial charge is 0.453 e. The number of sulfonamides is 1. The molecule has 2 N–H and O–H groups in total. The Balaban J connectivity index is 1.46. The second-order valence-electron chi connectivity index (χ2n) is 11.4. The number of hydrogen-bond donors (Lipinski definition) is 2. The van der Waals surface area contributed by atoms with Crippen LogP contribution in [0.25, 0.3) is 10.2 Å². The minimum atomic E-state index is -4.54. The number of carbonyl (C=O) groups excluding carboxylic acids is 2. The van der Waals surface area contributed by atoms with Crippen LogP contribution in [0, 0.1) is 0 Å². The molecule has 1 amide bonds. The zero-order valence-electron chi connectivity index (χ0n) is 31.9. The molecule has 2 atom stereocenters. The molecule has 0 fully saturated rings. The molecular formula is C38H41N3O6S2. The number of fused-ring (bicyclic) bond motifs is 1. The molecule has 49 heavy (non-hydrogen) atoms. The summed E-state index contributed by atoms with van der Waals surface area (Å²) in [6, 6.07) is 27.6. The van der Waals surface area contributed by atoms with Crippen LogP contribution in [-0.2, 0) is 32.4 Å². The summed E-state index contributed by atoms with van der Waals surface area (Å²) in [5.74, 6) is -0.890. The van der Waals surface area contributed by atoms with Gasteiger partial charge in [-0.25, -0.2) is 18.2 Å². The van der Waals surface area contributed by atoms with Crippen LogP contribution in [0.1, 0.15) is 54.7 Å². The van der Waals surface area contributed by atoms with Crippen molar-refractivity contribution in [1.82, 2.24) is 14.6 Å². The van der Waals surface area contributed by atoms with Crippen LogP contribution >= 0.6 is 11.3 Å². The average Bonchev–Trinajstić information content (AvgIpc) is 3.63. The Morgan fingerprint density at radius 1 is 0.980 bits per heavy atom. The van der Waals surface area contributed by atoms with E-state index in [1.54, 1.807) is 29.8 Å². The number of ether oxygens (including phenoxy) is 1. The summed E-state index contributed by atoms with van der Waals surface area (Å²) in [5.41, 5.74) is 4.96. The van der Waals surface area contributed by atoms with Crippen molar-refractivity contribution in [2.24, 2.45) is 0 Å². The Kier molecular flexibility index (Phi) is 10.1. The van der Waals surface area contributed by atoms with Gasteiger partial charge in [0.25, 0.3) is 0 Å². The lowest BCUT2D eigenvalue weighted by atomic mass is 9.81. The van der Waals surface area contributed by atoms with Gasteiger partial charge in [-0.2, -0.15) is 4.31 Å². The first-order valence-corrected chi connectivity index (χ1v) is 18.0. The molecular weight excluding hydrogens is 659 g/mol. The summed E-state index contributed by atoms with van der Waals surface area (Å²) in [5, 5.41) is 13.4. The number of aliphatic hydroxyl groups is 1. The number of alkyl carbamates (subject to hydrolysis) is 1. The van der Waals surface area contributed by atoms with Crippen molar-refractivity contribution in [2.75, 3.05) is 20.3 Å². The van der Waals surface area contributed by atoms with Gasteiger partial charge in [0.2, 0.25) is 10.0 Å². The monoisotopic (exact) mass is 704 g/mol. The van der Waals surface area contributed by atoms with Crippen molar-refractivity contribution in [2.45, 2.75) is 55.4 Å². The molecule has 5 rings (SSSR count). The Labute approximate surface area is 298 Å². The second kappa shape index (κ2) is 16.8. The van der Waals surface area contributed by atoms with E-state index in [0.29, 0.717) is 21.3 Å². The number of hydrogen-bond acceptors (Lipinski definition) is 8. The summed E-state index contributed by atoms with van der Waals surface area (Å²) in [4.78, 5) is 31.0. The van der Waals surface area contributed by atoms with Crippen molar-refractivity contribution in [3.8, 4) is 0 Å². The minimum absolute atomic E-state index is 0.0404. The number of rotatable bonds is 16. The van der Waals surface area contributed by atoms with Crippen molar-refractivity contribution >= 4 is 43.5 Å². The van der Waals surface area contributed by atoms with E-state index in [1.165, 1.54) is 36.6 Å². The SMILES string of the molecule is [2H]C([2H])([2H])C([2H])([2H])CN([C@H](CO)CCc1ccccc1CC(=O)[C@@H](NC(=O)OC)C(c1ccccc1)c1ccccc1)S(=O)(=O)c1ccc2ncsc2c1. The van der Waals surface area contributed by atoms with Crippen LogP contribution in [0.2, 0.25) is 0 Å². The maximum atomic E-state index is 14.3. The van der Waals surface area contributed by atoms with E-state index in [1.807, 2.05) is 60.7 Å². The first-order chi connectivity index (χ1) is 25.7. The number of methoxy groups -OCH3 is 1. The second-order valence-corrected chi connectivity index (χ2v) is 14.2. The van der Waals surface area contributed by atoms with Crippen LogP contribution in [0.15, 0.2) is 114 Å². The number of nitrogens with zero attached hydrogens (tertiary/aromatic N) is 2. The molecule has 0 aliphatic carbocycles. The molecule has 0 spiro atoms. The molecule has 0 bridgehead atoms. The topological polar surface area (TPSA) is 126 Å². The molecule has 0 aliphatic rings. The normalized spacial score (nSPS) is 15.1. The van der Waals surface area contributed by atoms with Gasteiger partial charge >= 0.3 is 6.09 Å². The molecule has 9 nitrogen and oxygen atoms in total. The summed E-state index contributed by atoms with van der Waals surface area (Å²) in [6.45, 7) is -4.94. The fourth-order valence-corrected chi connectivity index (χ4v) is 8.34. The highest BCUT2D eigenvalue weighted by Gasteiger charge is 2.34. The molecule has 11 heteroatoms. The number of carbonyl (C=O) groups is 2. The highest BCUT2D eigenvalue weighted by atomic mass is 32.2. The highest BCUT2D eigenvalue weighted by Crippen LogP contribution is 2.31. The number of aromatic nitrogens is 1. The molecule has 0 unspecified atom stereocenters. The van der Waals surface area contributed by atoms with Gasteiger partial charge in [0.1, 0.15) is 6.04 Å². The predicted molar refractivity (Wildman–Crippen MR) is 192 cm³/mol. The molecule has 4 aromatic carbocycles. The lowest BCUT2D eigenvalue weighted by molar-refractivity contribution is -0.120. The summed E-state index contributed by atoms with van der Waals surface area (Å²) in [7, 11) is -3.32. The van der Waals surface area contributed by atoms with Crippen LogP contribution in [0.5, 0.6) is 0 Å². The van der Waals surface area contributed by atoms with Gasteiger partial charge in [-0.15, -0.1) is 11.3 Å². The number of aryl methyl sites for hydroxylation is 1. The minimum Gasteiger partial charge on any atom is -0.453 e. The number of Topliss-reactive ketones (excluding diaryl/α,β-unsaturated/α-hetero) is 1. The highest BCUT2D eigenvalue weighted by molar-refractivity contribution is 7.89.